The molecule has 1 aromatic heterocycles. The second-order valence-corrected chi connectivity index (χ2v) is 7.59. The minimum Gasteiger partial charge on any atom is -0.367 e. The summed E-state index contributed by atoms with van der Waals surface area (Å²) in [5.41, 5.74) is 1.86. The Bertz CT molecular complexity index is 818. The minimum atomic E-state index is -0.189. The zero-order valence-electron chi connectivity index (χ0n) is 12.4. The number of likely N-dealkylation sites (tertiary alicyclic amines) is 1. The maximum Gasteiger partial charge on any atom is 0.230 e. The lowest BCUT2D eigenvalue weighted by Gasteiger charge is -2.40. The van der Waals surface area contributed by atoms with Gasteiger partial charge in [0.15, 0.2) is 0 Å². The fourth-order valence-corrected chi connectivity index (χ4v) is 5.18. The molecule has 0 radical (unpaired) electrons. The van der Waals surface area contributed by atoms with Gasteiger partial charge in [0.2, 0.25) is 5.91 Å². The second-order valence-electron chi connectivity index (χ2n) is 7.16. The lowest BCUT2D eigenvalue weighted by atomic mass is 9.83. The molecule has 114 valence electrons. The summed E-state index contributed by atoms with van der Waals surface area (Å²) in [6.45, 7) is 1.68. The molecule has 2 atom stereocenters. The van der Waals surface area contributed by atoms with Crippen molar-refractivity contribution in [1.82, 2.24) is 15.1 Å². The standard InChI is InChI=1S/C16H17ClN4O/c1-20-14(22)15-2-3-16(20,7-15)9-21(8-15)13-5-10(17)4-12-11(13)6-18-19-12/h4-6H,2-3,7-9H2,1H3,(H,18,19)/t15-,16+/m1/s1. The first kappa shape index (κ1) is 12.8. The van der Waals surface area contributed by atoms with Gasteiger partial charge in [0.25, 0.3) is 0 Å². The van der Waals surface area contributed by atoms with Gasteiger partial charge in [0.05, 0.1) is 22.7 Å². The van der Waals surface area contributed by atoms with Crippen LogP contribution in [0.1, 0.15) is 19.3 Å². The highest BCUT2D eigenvalue weighted by atomic mass is 35.5. The van der Waals surface area contributed by atoms with Crippen LogP contribution in [-0.2, 0) is 4.79 Å². The van der Waals surface area contributed by atoms with Crippen molar-refractivity contribution in [2.45, 2.75) is 24.8 Å². The molecule has 3 heterocycles. The summed E-state index contributed by atoms with van der Waals surface area (Å²) in [5.74, 6) is 0.326. The molecule has 1 aliphatic carbocycles. The smallest absolute Gasteiger partial charge is 0.230 e. The van der Waals surface area contributed by atoms with E-state index in [9.17, 15) is 4.79 Å². The number of rotatable bonds is 1. The Labute approximate surface area is 133 Å². The molecular weight excluding hydrogens is 300 g/mol. The maximum atomic E-state index is 12.7. The molecule has 3 aliphatic rings. The summed E-state index contributed by atoms with van der Waals surface area (Å²) in [5, 5.41) is 8.91. The number of carbonyl (C=O) groups excluding carboxylic acids is 1. The van der Waals surface area contributed by atoms with Crippen LogP contribution < -0.4 is 4.90 Å². The van der Waals surface area contributed by atoms with Gasteiger partial charge in [-0.3, -0.25) is 9.89 Å². The third kappa shape index (κ3) is 1.36. The van der Waals surface area contributed by atoms with Crippen LogP contribution in [-0.4, -0.2) is 46.7 Å². The first-order chi connectivity index (χ1) is 10.5. The molecule has 1 N–H and O–H groups in total. The number of nitrogens with one attached hydrogen (secondary N) is 1. The molecular formula is C16H17ClN4O. The summed E-state index contributed by atoms with van der Waals surface area (Å²) in [7, 11) is 1.97. The van der Waals surface area contributed by atoms with Crippen LogP contribution in [0.15, 0.2) is 18.3 Å². The topological polar surface area (TPSA) is 52.2 Å². The number of fused-ring (bicyclic) bond motifs is 1. The Kier molecular flexibility index (Phi) is 2.19. The van der Waals surface area contributed by atoms with Crippen molar-refractivity contribution in [1.29, 1.82) is 0 Å². The van der Waals surface area contributed by atoms with E-state index in [2.05, 4.69) is 15.1 Å². The van der Waals surface area contributed by atoms with Crippen LogP contribution in [0.25, 0.3) is 10.9 Å². The molecule has 3 fully saturated rings. The van der Waals surface area contributed by atoms with Crippen molar-refractivity contribution in [3.05, 3.63) is 23.4 Å². The molecule has 1 amide bonds. The molecule has 1 aromatic carbocycles. The summed E-state index contributed by atoms with van der Waals surface area (Å²) < 4.78 is 0. The zero-order valence-corrected chi connectivity index (χ0v) is 13.2. The Morgan fingerprint density at radius 2 is 2.18 bits per heavy atom. The van der Waals surface area contributed by atoms with E-state index in [1.807, 2.05) is 30.3 Å². The van der Waals surface area contributed by atoms with E-state index in [-0.39, 0.29) is 11.0 Å². The summed E-state index contributed by atoms with van der Waals surface area (Å²) in [6.07, 6.45) is 4.99. The maximum absolute atomic E-state index is 12.7. The number of piperidine rings is 2. The number of halogens is 1. The Morgan fingerprint density at radius 1 is 1.32 bits per heavy atom. The van der Waals surface area contributed by atoms with Gasteiger partial charge in [-0.15, -0.1) is 0 Å². The number of benzene rings is 1. The lowest BCUT2D eigenvalue weighted by molar-refractivity contribution is -0.138. The molecule has 6 heteroatoms. The number of aromatic nitrogens is 2. The third-order valence-electron chi connectivity index (χ3n) is 6.03. The van der Waals surface area contributed by atoms with Crippen molar-refractivity contribution in [3.8, 4) is 0 Å². The molecule has 2 saturated heterocycles. The van der Waals surface area contributed by atoms with Crippen molar-refractivity contribution in [3.63, 3.8) is 0 Å². The van der Waals surface area contributed by atoms with Crippen molar-refractivity contribution in [2.75, 3.05) is 25.0 Å². The molecule has 22 heavy (non-hydrogen) atoms. The number of amides is 1. The predicted octanol–water partition coefficient (Wildman–Crippen LogP) is 2.42. The Hall–Kier alpha value is -1.75. The summed E-state index contributed by atoms with van der Waals surface area (Å²) in [4.78, 5) is 17.0. The summed E-state index contributed by atoms with van der Waals surface area (Å²) >= 11 is 6.28. The van der Waals surface area contributed by atoms with Gasteiger partial charge in [-0.1, -0.05) is 11.6 Å². The lowest BCUT2D eigenvalue weighted by Crippen LogP contribution is -2.51. The van der Waals surface area contributed by atoms with Gasteiger partial charge in [-0.2, -0.15) is 5.10 Å². The van der Waals surface area contributed by atoms with Crippen LogP contribution in [0.2, 0.25) is 5.02 Å². The van der Waals surface area contributed by atoms with E-state index in [0.717, 1.165) is 48.9 Å². The minimum absolute atomic E-state index is 0.00765. The number of hydrogen-bond acceptors (Lipinski definition) is 3. The molecule has 2 aliphatic heterocycles. The van der Waals surface area contributed by atoms with Crippen LogP contribution in [0.5, 0.6) is 0 Å². The van der Waals surface area contributed by atoms with E-state index >= 15 is 0 Å². The molecule has 1 saturated carbocycles. The Morgan fingerprint density at radius 3 is 3.00 bits per heavy atom. The monoisotopic (exact) mass is 316 g/mol. The SMILES string of the molecule is CN1C(=O)[C@@]23CC[C@@]1(CN(c1cc(Cl)cc4[nH]ncc14)C2)C3. The second kappa shape index (κ2) is 3.77. The number of H-pyrrole nitrogens is 1. The highest BCUT2D eigenvalue weighted by molar-refractivity contribution is 6.31. The zero-order chi connectivity index (χ0) is 15.1. The average Bonchev–Trinajstić information content (AvgIpc) is 3.11. The van der Waals surface area contributed by atoms with Gasteiger partial charge < -0.3 is 9.80 Å². The van der Waals surface area contributed by atoms with Crippen molar-refractivity contribution >= 4 is 34.1 Å². The Balaban J connectivity index is 1.66. The van der Waals surface area contributed by atoms with Gasteiger partial charge in [0, 0.05) is 36.2 Å². The highest BCUT2D eigenvalue weighted by Gasteiger charge is 2.67. The molecule has 0 unspecified atom stereocenters. The first-order valence-electron chi connectivity index (χ1n) is 7.69. The predicted molar refractivity (Wildman–Crippen MR) is 85.1 cm³/mol. The molecule has 5 nitrogen and oxygen atoms in total. The average molecular weight is 317 g/mol. The number of hydrogen-bond donors (Lipinski definition) is 1. The van der Waals surface area contributed by atoms with Crippen LogP contribution in [0, 0.1) is 5.41 Å². The number of nitrogens with zero attached hydrogens (tertiary/aromatic N) is 3. The van der Waals surface area contributed by atoms with Crippen molar-refractivity contribution < 1.29 is 4.79 Å². The van der Waals surface area contributed by atoms with Crippen LogP contribution in [0.3, 0.4) is 0 Å². The number of aromatic amines is 1. The number of likely N-dealkylation sites (N-methyl/N-ethyl adjacent to an activating group) is 1. The van der Waals surface area contributed by atoms with E-state index < -0.39 is 0 Å². The van der Waals surface area contributed by atoms with Crippen LogP contribution in [0.4, 0.5) is 5.69 Å². The molecule has 5 rings (SSSR count). The third-order valence-corrected chi connectivity index (χ3v) is 6.25. The quantitative estimate of drug-likeness (QED) is 0.879. The van der Waals surface area contributed by atoms with Gasteiger partial charge in [-0.25, -0.2) is 0 Å². The number of anilines is 1. The van der Waals surface area contributed by atoms with Crippen LogP contribution >= 0.6 is 11.6 Å². The van der Waals surface area contributed by atoms with E-state index in [1.54, 1.807) is 0 Å². The van der Waals surface area contributed by atoms with Gasteiger partial charge >= 0.3 is 0 Å². The largest absolute Gasteiger partial charge is 0.367 e. The van der Waals surface area contributed by atoms with Gasteiger partial charge in [-0.05, 0) is 31.4 Å². The van der Waals surface area contributed by atoms with Gasteiger partial charge in [0.1, 0.15) is 0 Å². The normalized spacial score (nSPS) is 33.3. The molecule has 0 spiro atoms. The van der Waals surface area contributed by atoms with E-state index in [4.69, 9.17) is 11.6 Å². The fourth-order valence-electron chi connectivity index (χ4n) is 4.97. The van der Waals surface area contributed by atoms with Crippen molar-refractivity contribution in [2.24, 2.45) is 5.41 Å². The molecule has 2 aromatic rings. The molecule has 2 bridgehead atoms. The van der Waals surface area contributed by atoms with E-state index in [1.165, 1.54) is 0 Å². The fraction of sp³-hybridized carbons (Fsp3) is 0.500. The number of carbonyl (C=O) groups is 1. The first-order valence-corrected chi connectivity index (χ1v) is 8.07. The summed E-state index contributed by atoms with van der Waals surface area (Å²) in [6, 6.07) is 3.90. The highest BCUT2D eigenvalue weighted by Crippen LogP contribution is 2.59. The van der Waals surface area contributed by atoms with E-state index in [0.29, 0.717) is 10.9 Å².